The van der Waals surface area contributed by atoms with Crippen molar-refractivity contribution in [1.82, 2.24) is 9.80 Å². The van der Waals surface area contributed by atoms with Crippen LogP contribution in [0.5, 0.6) is 0 Å². The smallest absolute Gasteiger partial charge is 0.320 e. The molecule has 0 saturated carbocycles. The molecule has 0 aromatic carbocycles. The minimum absolute atomic E-state index is 0.0519. The molecule has 1 saturated heterocycles. The molecule has 1 rings (SSSR count). The number of ether oxygens (including phenoxy) is 1. The maximum atomic E-state index is 12.1. The first kappa shape index (κ1) is 13.8. The third-order valence-corrected chi connectivity index (χ3v) is 3.09. The molecule has 0 unspecified atom stereocenters. The Morgan fingerprint density at radius 1 is 1.24 bits per heavy atom. The van der Waals surface area contributed by atoms with Gasteiger partial charge < -0.3 is 14.5 Å². The highest BCUT2D eigenvalue weighted by Crippen LogP contribution is 2.11. The Hall–Kier alpha value is -1.26. The van der Waals surface area contributed by atoms with Crippen molar-refractivity contribution in [2.45, 2.75) is 32.6 Å². The van der Waals surface area contributed by atoms with Crippen LogP contribution >= 0.6 is 0 Å². The summed E-state index contributed by atoms with van der Waals surface area (Å²) in [5.74, 6) is -0.269. The summed E-state index contributed by atoms with van der Waals surface area (Å²) in [6, 6.07) is 0.0519. The first-order chi connectivity index (χ1) is 8.19. The number of nitrogens with zero attached hydrogens (tertiary/aromatic N) is 2. The SMILES string of the molecule is CCN(CCC(=O)OC)C(=O)N1CCCCC1. The molecule has 5 heteroatoms. The molecule has 0 N–H and O–H groups in total. The van der Waals surface area contributed by atoms with Gasteiger partial charge in [-0.25, -0.2) is 4.79 Å². The number of esters is 1. The van der Waals surface area contributed by atoms with Crippen molar-refractivity contribution in [3.05, 3.63) is 0 Å². The minimum Gasteiger partial charge on any atom is -0.469 e. The van der Waals surface area contributed by atoms with Crippen molar-refractivity contribution in [1.29, 1.82) is 0 Å². The van der Waals surface area contributed by atoms with Crippen LogP contribution in [0.4, 0.5) is 4.79 Å². The number of rotatable bonds is 4. The van der Waals surface area contributed by atoms with Crippen LogP contribution < -0.4 is 0 Å². The van der Waals surface area contributed by atoms with Crippen molar-refractivity contribution < 1.29 is 14.3 Å². The lowest BCUT2D eigenvalue weighted by Gasteiger charge is -2.32. The second-order valence-corrected chi connectivity index (χ2v) is 4.24. The summed E-state index contributed by atoms with van der Waals surface area (Å²) < 4.78 is 4.58. The maximum Gasteiger partial charge on any atom is 0.320 e. The Bertz CT molecular complexity index is 262. The van der Waals surface area contributed by atoms with Crippen molar-refractivity contribution >= 4 is 12.0 Å². The first-order valence-electron chi connectivity index (χ1n) is 6.29. The normalized spacial score (nSPS) is 15.5. The number of carbonyl (C=O) groups is 2. The van der Waals surface area contributed by atoms with Crippen LogP contribution in [0.3, 0.4) is 0 Å². The first-order valence-corrected chi connectivity index (χ1v) is 6.29. The van der Waals surface area contributed by atoms with Gasteiger partial charge in [-0.05, 0) is 26.2 Å². The highest BCUT2D eigenvalue weighted by molar-refractivity contribution is 5.76. The molecule has 98 valence electrons. The van der Waals surface area contributed by atoms with E-state index in [1.165, 1.54) is 13.5 Å². The highest BCUT2D eigenvalue weighted by Gasteiger charge is 2.21. The number of carbonyl (C=O) groups excluding carboxylic acids is 2. The minimum atomic E-state index is -0.269. The van der Waals surface area contributed by atoms with Crippen molar-refractivity contribution in [3.63, 3.8) is 0 Å². The summed E-state index contributed by atoms with van der Waals surface area (Å²) in [7, 11) is 1.37. The Kier molecular flexibility index (Phi) is 5.80. The van der Waals surface area contributed by atoms with E-state index in [0.29, 0.717) is 13.1 Å². The van der Waals surface area contributed by atoms with E-state index in [-0.39, 0.29) is 18.4 Å². The number of hydrogen-bond acceptors (Lipinski definition) is 3. The van der Waals surface area contributed by atoms with Gasteiger partial charge in [0.15, 0.2) is 0 Å². The molecule has 5 nitrogen and oxygen atoms in total. The lowest BCUT2D eigenvalue weighted by Crippen LogP contribution is -2.46. The molecule has 0 aromatic heterocycles. The van der Waals surface area contributed by atoms with Gasteiger partial charge in [-0.1, -0.05) is 0 Å². The Morgan fingerprint density at radius 2 is 1.88 bits per heavy atom. The molecular weight excluding hydrogens is 220 g/mol. The molecule has 0 radical (unpaired) electrons. The van der Waals surface area contributed by atoms with Gasteiger partial charge in [-0.3, -0.25) is 4.79 Å². The summed E-state index contributed by atoms with van der Waals surface area (Å²) in [5.41, 5.74) is 0. The van der Waals surface area contributed by atoms with Crippen LogP contribution in [-0.2, 0) is 9.53 Å². The van der Waals surface area contributed by atoms with E-state index in [1.807, 2.05) is 11.8 Å². The number of amides is 2. The van der Waals surface area contributed by atoms with E-state index >= 15 is 0 Å². The van der Waals surface area contributed by atoms with Crippen LogP contribution in [0.2, 0.25) is 0 Å². The van der Waals surface area contributed by atoms with Gasteiger partial charge >= 0.3 is 12.0 Å². The molecule has 0 atom stereocenters. The van der Waals surface area contributed by atoms with Crippen molar-refractivity contribution in [2.75, 3.05) is 33.3 Å². The van der Waals surface area contributed by atoms with Crippen molar-refractivity contribution in [3.8, 4) is 0 Å². The molecule has 1 aliphatic rings. The molecule has 1 aliphatic heterocycles. The third kappa shape index (κ3) is 4.24. The van der Waals surface area contributed by atoms with Gasteiger partial charge in [0, 0.05) is 26.2 Å². The zero-order chi connectivity index (χ0) is 12.7. The summed E-state index contributed by atoms with van der Waals surface area (Å²) in [4.78, 5) is 26.8. The standard InChI is InChI=1S/C12H22N2O3/c1-3-13(10-7-11(15)17-2)12(16)14-8-5-4-6-9-14/h3-10H2,1-2H3. The zero-order valence-corrected chi connectivity index (χ0v) is 10.8. The summed E-state index contributed by atoms with van der Waals surface area (Å²) in [6.45, 7) is 4.69. The number of methoxy groups -OCH3 is 1. The second kappa shape index (κ2) is 7.14. The molecule has 1 heterocycles. The van der Waals surface area contributed by atoms with E-state index in [9.17, 15) is 9.59 Å². The van der Waals surface area contributed by atoms with Crippen LogP contribution in [0.25, 0.3) is 0 Å². The van der Waals surface area contributed by atoms with Gasteiger partial charge in [-0.2, -0.15) is 0 Å². The topological polar surface area (TPSA) is 49.9 Å². The van der Waals surface area contributed by atoms with Gasteiger partial charge in [-0.15, -0.1) is 0 Å². The fourth-order valence-corrected chi connectivity index (χ4v) is 2.00. The van der Waals surface area contributed by atoms with Crippen LogP contribution in [-0.4, -0.2) is 55.1 Å². The van der Waals surface area contributed by atoms with Crippen LogP contribution in [0, 0.1) is 0 Å². The van der Waals surface area contributed by atoms with E-state index in [1.54, 1.807) is 4.90 Å². The van der Waals surface area contributed by atoms with E-state index in [0.717, 1.165) is 25.9 Å². The molecule has 2 amide bonds. The van der Waals surface area contributed by atoms with Gasteiger partial charge in [0.2, 0.25) is 0 Å². The molecule has 0 aromatic rings. The summed E-state index contributed by atoms with van der Waals surface area (Å²) in [5, 5.41) is 0. The summed E-state index contributed by atoms with van der Waals surface area (Å²) >= 11 is 0. The van der Waals surface area contributed by atoms with Crippen LogP contribution in [0.15, 0.2) is 0 Å². The van der Waals surface area contributed by atoms with Gasteiger partial charge in [0.1, 0.15) is 0 Å². The number of piperidine rings is 1. The molecule has 0 bridgehead atoms. The van der Waals surface area contributed by atoms with Crippen molar-refractivity contribution in [2.24, 2.45) is 0 Å². The van der Waals surface area contributed by atoms with Gasteiger partial charge in [0.05, 0.1) is 13.5 Å². The molecule has 0 aliphatic carbocycles. The third-order valence-electron chi connectivity index (χ3n) is 3.09. The predicted octanol–water partition coefficient (Wildman–Crippen LogP) is 1.48. The Balaban J connectivity index is 2.42. The lowest BCUT2D eigenvalue weighted by atomic mass is 10.1. The Morgan fingerprint density at radius 3 is 2.41 bits per heavy atom. The number of likely N-dealkylation sites (tertiary alicyclic amines) is 1. The molecule has 0 spiro atoms. The zero-order valence-electron chi connectivity index (χ0n) is 10.8. The maximum absolute atomic E-state index is 12.1. The fraction of sp³-hybridized carbons (Fsp3) is 0.833. The Labute approximate surface area is 103 Å². The van der Waals surface area contributed by atoms with E-state index < -0.39 is 0 Å². The van der Waals surface area contributed by atoms with Crippen LogP contribution in [0.1, 0.15) is 32.6 Å². The molecule has 17 heavy (non-hydrogen) atoms. The fourth-order valence-electron chi connectivity index (χ4n) is 2.00. The quantitative estimate of drug-likeness (QED) is 0.702. The van der Waals surface area contributed by atoms with E-state index in [4.69, 9.17) is 0 Å². The van der Waals surface area contributed by atoms with E-state index in [2.05, 4.69) is 4.74 Å². The summed E-state index contributed by atoms with van der Waals surface area (Å²) in [6.07, 6.45) is 3.64. The second-order valence-electron chi connectivity index (χ2n) is 4.24. The largest absolute Gasteiger partial charge is 0.469 e. The number of urea groups is 1. The predicted molar refractivity (Wildman–Crippen MR) is 64.7 cm³/mol. The average molecular weight is 242 g/mol. The van der Waals surface area contributed by atoms with Gasteiger partial charge in [0.25, 0.3) is 0 Å². The monoisotopic (exact) mass is 242 g/mol. The average Bonchev–Trinajstić information content (AvgIpc) is 2.39. The molecule has 1 fully saturated rings. The molecular formula is C12H22N2O3. The highest BCUT2D eigenvalue weighted by atomic mass is 16.5. The lowest BCUT2D eigenvalue weighted by molar-refractivity contribution is -0.140. The number of hydrogen-bond donors (Lipinski definition) is 0.